The number of anilines is 1. The van der Waals surface area contributed by atoms with E-state index in [1.165, 1.54) is 19.3 Å². The van der Waals surface area contributed by atoms with E-state index in [2.05, 4.69) is 54.3 Å². The number of rotatable bonds is 3. The Kier molecular flexibility index (Phi) is 3.97. The molecule has 2 N–H and O–H groups in total. The van der Waals surface area contributed by atoms with Crippen LogP contribution in [0.15, 0.2) is 55.2 Å². The normalized spacial score (nSPS) is 14.6. The predicted octanol–water partition coefficient (Wildman–Crippen LogP) is 4.55. The lowest BCUT2D eigenvalue weighted by Gasteiger charge is -2.28. The maximum atomic E-state index is 4.71. The van der Waals surface area contributed by atoms with Gasteiger partial charge in [-0.15, -0.1) is 0 Å². The number of aromatic nitrogens is 6. The van der Waals surface area contributed by atoms with Crippen molar-refractivity contribution in [1.29, 1.82) is 0 Å². The highest BCUT2D eigenvalue weighted by molar-refractivity contribution is 6.00. The van der Waals surface area contributed by atoms with Crippen LogP contribution in [0.1, 0.15) is 19.3 Å². The van der Waals surface area contributed by atoms with Crippen LogP contribution < -0.4 is 4.90 Å². The highest BCUT2D eigenvalue weighted by atomic mass is 15.2. The summed E-state index contributed by atoms with van der Waals surface area (Å²) in [6.45, 7) is 2.14. The molecule has 0 saturated carbocycles. The zero-order valence-electron chi connectivity index (χ0n) is 16.5. The van der Waals surface area contributed by atoms with Crippen molar-refractivity contribution in [3.63, 3.8) is 0 Å². The molecule has 4 aromatic heterocycles. The number of fused-ring (bicyclic) bond motifs is 2. The average molecular weight is 395 g/mol. The quantitative estimate of drug-likeness (QED) is 0.468. The van der Waals surface area contributed by atoms with Gasteiger partial charge in [0.05, 0.1) is 16.7 Å². The second-order valence-electron chi connectivity index (χ2n) is 7.79. The van der Waals surface area contributed by atoms with Gasteiger partial charge in [0.1, 0.15) is 17.8 Å². The van der Waals surface area contributed by atoms with Crippen molar-refractivity contribution in [2.45, 2.75) is 19.3 Å². The molecule has 0 bridgehead atoms. The fourth-order valence-corrected chi connectivity index (χ4v) is 4.37. The number of hydrogen-bond donors (Lipinski definition) is 2. The molecule has 1 saturated heterocycles. The van der Waals surface area contributed by atoms with Crippen LogP contribution in [0.25, 0.3) is 44.3 Å². The number of nitrogens with one attached hydrogen (secondary N) is 2. The van der Waals surface area contributed by atoms with Gasteiger partial charge >= 0.3 is 0 Å². The largest absolute Gasteiger partial charge is 0.356 e. The Balaban J connectivity index is 1.47. The van der Waals surface area contributed by atoms with E-state index in [1.54, 1.807) is 6.33 Å². The third kappa shape index (κ3) is 2.82. The van der Waals surface area contributed by atoms with Gasteiger partial charge in [0, 0.05) is 48.0 Å². The molecule has 1 aliphatic heterocycles. The van der Waals surface area contributed by atoms with Crippen LogP contribution in [0, 0.1) is 0 Å². The number of pyridine rings is 1. The Morgan fingerprint density at radius 3 is 2.57 bits per heavy atom. The molecule has 7 heteroatoms. The summed E-state index contributed by atoms with van der Waals surface area (Å²) < 4.78 is 0. The zero-order valence-corrected chi connectivity index (χ0v) is 16.5. The number of piperidine rings is 1. The molecule has 1 aromatic carbocycles. The van der Waals surface area contributed by atoms with Crippen LogP contribution in [0.4, 0.5) is 5.82 Å². The van der Waals surface area contributed by atoms with E-state index in [0.29, 0.717) is 0 Å². The predicted molar refractivity (Wildman–Crippen MR) is 118 cm³/mol. The molecular weight excluding hydrogens is 374 g/mol. The summed E-state index contributed by atoms with van der Waals surface area (Å²) in [6, 6.07) is 10.5. The van der Waals surface area contributed by atoms with Gasteiger partial charge in [-0.2, -0.15) is 5.10 Å². The van der Waals surface area contributed by atoms with Crippen molar-refractivity contribution in [1.82, 2.24) is 30.1 Å². The zero-order chi connectivity index (χ0) is 19.9. The first-order chi connectivity index (χ1) is 14.9. The Morgan fingerprint density at radius 2 is 1.70 bits per heavy atom. The Hall–Kier alpha value is -3.74. The molecule has 148 valence electrons. The smallest absolute Gasteiger partial charge is 0.137 e. The molecule has 1 fully saturated rings. The lowest BCUT2D eigenvalue weighted by Crippen LogP contribution is -2.30. The van der Waals surface area contributed by atoms with Crippen LogP contribution in [-0.2, 0) is 0 Å². The third-order valence-corrected chi connectivity index (χ3v) is 5.89. The number of benzene rings is 1. The molecule has 0 atom stereocenters. The first-order valence-electron chi connectivity index (χ1n) is 10.3. The third-order valence-electron chi connectivity index (χ3n) is 5.89. The summed E-state index contributed by atoms with van der Waals surface area (Å²) in [5.74, 6) is 1.07. The van der Waals surface area contributed by atoms with Crippen LogP contribution in [0.5, 0.6) is 0 Å². The molecule has 5 heterocycles. The number of hydrogen-bond acceptors (Lipinski definition) is 5. The van der Waals surface area contributed by atoms with Crippen molar-refractivity contribution in [3.8, 4) is 22.5 Å². The fraction of sp³-hybridized carbons (Fsp3) is 0.217. The van der Waals surface area contributed by atoms with Gasteiger partial charge in [-0.25, -0.2) is 15.0 Å². The average Bonchev–Trinajstić information content (AvgIpc) is 3.43. The van der Waals surface area contributed by atoms with E-state index >= 15 is 0 Å². The monoisotopic (exact) mass is 395 g/mol. The molecule has 5 aromatic rings. The molecule has 0 radical (unpaired) electrons. The van der Waals surface area contributed by atoms with Gasteiger partial charge in [-0.3, -0.25) is 5.10 Å². The maximum Gasteiger partial charge on any atom is 0.137 e. The van der Waals surface area contributed by atoms with Gasteiger partial charge in [0.15, 0.2) is 0 Å². The van der Waals surface area contributed by atoms with E-state index in [4.69, 9.17) is 4.98 Å². The molecule has 6 rings (SSSR count). The minimum Gasteiger partial charge on any atom is -0.356 e. The second-order valence-corrected chi connectivity index (χ2v) is 7.79. The van der Waals surface area contributed by atoms with Crippen molar-refractivity contribution >= 4 is 27.6 Å². The Bertz CT molecular complexity index is 1330. The number of H-pyrrole nitrogens is 2. The second kappa shape index (κ2) is 6.95. The number of nitrogens with zero attached hydrogens (tertiary/aromatic N) is 5. The molecule has 0 unspecified atom stereocenters. The first-order valence-corrected chi connectivity index (χ1v) is 10.3. The van der Waals surface area contributed by atoms with E-state index in [0.717, 1.165) is 63.2 Å². The standard InChI is InChI=1S/C23H21N7/c1-2-8-30(9-3-1)23-18-11-21(27-19(18)6-7-26-23)22-17-10-15(4-5-20(17)28-29-22)16-12-24-14-25-13-16/h4-7,10-14,27H,1-3,8-9H2,(H,28,29). The van der Waals surface area contributed by atoms with Crippen LogP contribution in [0.2, 0.25) is 0 Å². The Labute approximate surface area is 173 Å². The van der Waals surface area contributed by atoms with Gasteiger partial charge in [0.2, 0.25) is 0 Å². The molecule has 1 aliphatic rings. The van der Waals surface area contributed by atoms with Crippen molar-refractivity contribution < 1.29 is 0 Å². The van der Waals surface area contributed by atoms with Crippen molar-refractivity contribution in [3.05, 3.63) is 55.2 Å². The van der Waals surface area contributed by atoms with Crippen LogP contribution >= 0.6 is 0 Å². The van der Waals surface area contributed by atoms with E-state index in [-0.39, 0.29) is 0 Å². The summed E-state index contributed by atoms with van der Waals surface area (Å²) >= 11 is 0. The lowest BCUT2D eigenvalue weighted by molar-refractivity contribution is 0.575. The maximum absolute atomic E-state index is 4.71. The van der Waals surface area contributed by atoms with E-state index in [9.17, 15) is 0 Å². The van der Waals surface area contributed by atoms with Crippen molar-refractivity contribution in [2.75, 3.05) is 18.0 Å². The number of aromatic amines is 2. The molecule has 7 nitrogen and oxygen atoms in total. The lowest BCUT2D eigenvalue weighted by atomic mass is 10.0. The van der Waals surface area contributed by atoms with Gasteiger partial charge in [0.25, 0.3) is 0 Å². The summed E-state index contributed by atoms with van der Waals surface area (Å²) in [4.78, 5) is 18.9. The summed E-state index contributed by atoms with van der Waals surface area (Å²) in [5.41, 5.74) is 6.04. The summed E-state index contributed by atoms with van der Waals surface area (Å²) in [6.07, 6.45) is 10.9. The SMILES string of the molecule is c1ncc(-c2ccc3[nH]nc(-c4cc5c(N6CCCCC6)nccc5[nH]4)c3c2)cn1. The summed E-state index contributed by atoms with van der Waals surface area (Å²) in [5, 5.41) is 9.99. The minimum absolute atomic E-state index is 0.907. The molecule has 0 amide bonds. The first kappa shape index (κ1) is 17.1. The molecule has 0 spiro atoms. The fourth-order valence-electron chi connectivity index (χ4n) is 4.37. The van der Waals surface area contributed by atoms with Gasteiger partial charge < -0.3 is 9.88 Å². The highest BCUT2D eigenvalue weighted by Crippen LogP contribution is 2.34. The van der Waals surface area contributed by atoms with E-state index < -0.39 is 0 Å². The molecule has 30 heavy (non-hydrogen) atoms. The van der Waals surface area contributed by atoms with Crippen LogP contribution in [-0.4, -0.2) is 43.2 Å². The van der Waals surface area contributed by atoms with Crippen molar-refractivity contribution in [2.24, 2.45) is 0 Å². The molecule has 0 aliphatic carbocycles. The summed E-state index contributed by atoms with van der Waals surface area (Å²) in [7, 11) is 0. The topological polar surface area (TPSA) is 86.4 Å². The molecular formula is C23H21N7. The minimum atomic E-state index is 0.907. The highest BCUT2D eigenvalue weighted by Gasteiger charge is 2.18. The van der Waals surface area contributed by atoms with Crippen LogP contribution in [0.3, 0.4) is 0 Å². The Morgan fingerprint density at radius 1 is 0.833 bits per heavy atom. The van der Waals surface area contributed by atoms with Gasteiger partial charge in [-0.1, -0.05) is 6.07 Å². The van der Waals surface area contributed by atoms with E-state index in [1.807, 2.05) is 24.7 Å². The van der Waals surface area contributed by atoms with Gasteiger partial charge in [-0.05, 0) is 49.1 Å².